The standard InChI is InChI=1S/C9H14N2S/c1-6-3-9(6,10)4-8-11-7(2)5-12-8/h5-6H,3-4,10H2,1-2H3. The molecule has 2 unspecified atom stereocenters. The molecular formula is C9H14N2S. The molecule has 1 aromatic heterocycles. The number of nitrogens with zero attached hydrogens (tertiary/aromatic N) is 1. The molecule has 0 amide bonds. The molecule has 0 saturated heterocycles. The van der Waals surface area contributed by atoms with Crippen molar-refractivity contribution < 1.29 is 0 Å². The van der Waals surface area contributed by atoms with Crippen LogP contribution >= 0.6 is 11.3 Å². The van der Waals surface area contributed by atoms with Crippen molar-refractivity contribution in [3.05, 3.63) is 16.1 Å². The average Bonchev–Trinajstić information content (AvgIpc) is 2.42. The molecule has 12 heavy (non-hydrogen) atoms. The van der Waals surface area contributed by atoms with Gasteiger partial charge in [0, 0.05) is 23.0 Å². The quantitative estimate of drug-likeness (QED) is 0.756. The van der Waals surface area contributed by atoms with E-state index >= 15 is 0 Å². The maximum absolute atomic E-state index is 6.10. The molecule has 1 saturated carbocycles. The molecule has 66 valence electrons. The summed E-state index contributed by atoms with van der Waals surface area (Å²) in [5, 5.41) is 3.28. The van der Waals surface area contributed by atoms with E-state index in [0.29, 0.717) is 5.92 Å². The summed E-state index contributed by atoms with van der Waals surface area (Å²) in [7, 11) is 0. The second kappa shape index (κ2) is 2.54. The van der Waals surface area contributed by atoms with Crippen molar-refractivity contribution >= 4 is 11.3 Å². The molecule has 0 radical (unpaired) electrons. The molecule has 1 aliphatic rings. The molecule has 0 spiro atoms. The number of aryl methyl sites for hydroxylation is 1. The van der Waals surface area contributed by atoms with E-state index in [1.54, 1.807) is 11.3 Å². The van der Waals surface area contributed by atoms with Crippen LogP contribution in [0.15, 0.2) is 5.38 Å². The van der Waals surface area contributed by atoms with E-state index < -0.39 is 0 Å². The van der Waals surface area contributed by atoms with Gasteiger partial charge in [0.05, 0.1) is 5.01 Å². The van der Waals surface area contributed by atoms with E-state index in [-0.39, 0.29) is 5.54 Å². The van der Waals surface area contributed by atoms with Crippen molar-refractivity contribution in [2.24, 2.45) is 11.7 Å². The molecule has 2 rings (SSSR count). The number of nitrogens with two attached hydrogens (primary N) is 1. The largest absolute Gasteiger partial charge is 0.324 e. The van der Waals surface area contributed by atoms with Crippen LogP contribution in [0.1, 0.15) is 24.0 Å². The van der Waals surface area contributed by atoms with Crippen LogP contribution in [-0.2, 0) is 6.42 Å². The van der Waals surface area contributed by atoms with Crippen LogP contribution < -0.4 is 5.73 Å². The van der Waals surface area contributed by atoms with E-state index in [1.807, 2.05) is 6.92 Å². The van der Waals surface area contributed by atoms with Crippen molar-refractivity contribution in [1.29, 1.82) is 0 Å². The van der Waals surface area contributed by atoms with Crippen molar-refractivity contribution in [2.75, 3.05) is 0 Å². The average molecular weight is 182 g/mol. The molecular weight excluding hydrogens is 168 g/mol. The first-order valence-corrected chi connectivity index (χ1v) is 5.18. The zero-order chi connectivity index (χ0) is 8.77. The Morgan fingerprint density at radius 2 is 2.50 bits per heavy atom. The number of aromatic nitrogens is 1. The Morgan fingerprint density at radius 1 is 1.83 bits per heavy atom. The zero-order valence-corrected chi connectivity index (χ0v) is 8.32. The highest BCUT2D eigenvalue weighted by Gasteiger charge is 2.47. The van der Waals surface area contributed by atoms with E-state index in [9.17, 15) is 0 Å². The summed E-state index contributed by atoms with van der Waals surface area (Å²) in [4.78, 5) is 4.41. The van der Waals surface area contributed by atoms with Gasteiger partial charge in [-0.2, -0.15) is 0 Å². The van der Waals surface area contributed by atoms with Gasteiger partial charge in [-0.3, -0.25) is 0 Å². The van der Waals surface area contributed by atoms with Crippen molar-refractivity contribution in [1.82, 2.24) is 4.98 Å². The summed E-state index contributed by atoms with van der Waals surface area (Å²) in [6, 6.07) is 0. The van der Waals surface area contributed by atoms with Gasteiger partial charge < -0.3 is 5.73 Å². The van der Waals surface area contributed by atoms with Crippen LogP contribution in [0.5, 0.6) is 0 Å². The van der Waals surface area contributed by atoms with E-state index in [1.165, 1.54) is 5.01 Å². The van der Waals surface area contributed by atoms with E-state index in [0.717, 1.165) is 18.5 Å². The predicted molar refractivity (Wildman–Crippen MR) is 51.3 cm³/mol. The van der Waals surface area contributed by atoms with Crippen LogP contribution in [0, 0.1) is 12.8 Å². The van der Waals surface area contributed by atoms with E-state index in [4.69, 9.17) is 5.73 Å². The summed E-state index contributed by atoms with van der Waals surface area (Å²) >= 11 is 1.73. The maximum Gasteiger partial charge on any atom is 0.0946 e. The Kier molecular flexibility index (Phi) is 1.73. The molecule has 0 aliphatic heterocycles. The second-order valence-electron chi connectivity index (χ2n) is 3.90. The first-order chi connectivity index (χ1) is 5.60. The SMILES string of the molecule is Cc1csc(CC2(N)CC2C)n1. The van der Waals surface area contributed by atoms with Crippen molar-refractivity contribution in [3.8, 4) is 0 Å². The molecule has 2 nitrogen and oxygen atoms in total. The van der Waals surface area contributed by atoms with Gasteiger partial charge >= 0.3 is 0 Å². The van der Waals surface area contributed by atoms with Gasteiger partial charge in [0.25, 0.3) is 0 Å². The summed E-state index contributed by atoms with van der Waals surface area (Å²) in [6.07, 6.45) is 2.12. The van der Waals surface area contributed by atoms with Crippen LogP contribution in [0.3, 0.4) is 0 Å². The van der Waals surface area contributed by atoms with Crippen LogP contribution in [0.25, 0.3) is 0 Å². The van der Waals surface area contributed by atoms with Gasteiger partial charge in [0.1, 0.15) is 0 Å². The monoisotopic (exact) mass is 182 g/mol. The minimum absolute atomic E-state index is 0.0737. The fraction of sp³-hybridized carbons (Fsp3) is 0.667. The third-order valence-electron chi connectivity index (χ3n) is 2.65. The summed E-state index contributed by atoms with van der Waals surface area (Å²) in [5.74, 6) is 0.682. The van der Waals surface area contributed by atoms with Crippen LogP contribution in [0.4, 0.5) is 0 Å². The summed E-state index contributed by atoms with van der Waals surface area (Å²) in [6.45, 7) is 4.24. The Balaban J connectivity index is 2.05. The number of rotatable bonds is 2. The van der Waals surface area contributed by atoms with Gasteiger partial charge in [0.15, 0.2) is 0 Å². The number of thiazole rings is 1. The molecule has 3 heteroatoms. The Hall–Kier alpha value is -0.410. The van der Waals surface area contributed by atoms with Crippen molar-refractivity contribution in [3.63, 3.8) is 0 Å². The van der Waals surface area contributed by atoms with E-state index in [2.05, 4.69) is 17.3 Å². The smallest absolute Gasteiger partial charge is 0.0946 e. The highest BCUT2D eigenvalue weighted by atomic mass is 32.1. The van der Waals surface area contributed by atoms with Gasteiger partial charge in [-0.15, -0.1) is 11.3 Å². The van der Waals surface area contributed by atoms with Gasteiger partial charge in [-0.1, -0.05) is 6.92 Å². The summed E-state index contributed by atoms with van der Waals surface area (Å²) < 4.78 is 0. The lowest BCUT2D eigenvalue weighted by Gasteiger charge is -2.05. The summed E-state index contributed by atoms with van der Waals surface area (Å²) in [5.41, 5.74) is 7.29. The Morgan fingerprint density at radius 3 is 2.92 bits per heavy atom. The minimum atomic E-state index is 0.0737. The second-order valence-corrected chi connectivity index (χ2v) is 4.84. The molecule has 1 heterocycles. The predicted octanol–water partition coefficient (Wildman–Crippen LogP) is 1.73. The molecule has 0 aromatic carbocycles. The lowest BCUT2D eigenvalue weighted by molar-refractivity contribution is 0.612. The Labute approximate surface area is 76.8 Å². The molecule has 1 fully saturated rings. The molecule has 0 bridgehead atoms. The molecule has 1 aliphatic carbocycles. The first kappa shape index (κ1) is 8.20. The van der Waals surface area contributed by atoms with Gasteiger partial charge in [-0.05, 0) is 19.3 Å². The van der Waals surface area contributed by atoms with Gasteiger partial charge in [0.2, 0.25) is 0 Å². The van der Waals surface area contributed by atoms with Crippen molar-refractivity contribution in [2.45, 2.75) is 32.2 Å². The number of hydrogen-bond donors (Lipinski definition) is 1. The first-order valence-electron chi connectivity index (χ1n) is 4.30. The third-order valence-corrected chi connectivity index (χ3v) is 3.62. The lowest BCUT2D eigenvalue weighted by Crippen LogP contribution is -2.27. The zero-order valence-electron chi connectivity index (χ0n) is 7.50. The number of hydrogen-bond acceptors (Lipinski definition) is 3. The fourth-order valence-corrected chi connectivity index (χ4v) is 2.43. The fourth-order valence-electron chi connectivity index (χ4n) is 1.52. The molecule has 1 aromatic rings. The van der Waals surface area contributed by atoms with Crippen LogP contribution in [0.2, 0.25) is 0 Å². The van der Waals surface area contributed by atoms with Crippen LogP contribution in [-0.4, -0.2) is 10.5 Å². The highest BCUT2D eigenvalue weighted by molar-refractivity contribution is 7.09. The molecule has 2 N–H and O–H groups in total. The third kappa shape index (κ3) is 1.39. The highest BCUT2D eigenvalue weighted by Crippen LogP contribution is 2.43. The lowest BCUT2D eigenvalue weighted by atomic mass is 10.1. The van der Waals surface area contributed by atoms with Gasteiger partial charge in [-0.25, -0.2) is 4.98 Å². The minimum Gasteiger partial charge on any atom is -0.324 e. The topological polar surface area (TPSA) is 38.9 Å². The normalized spacial score (nSPS) is 33.8. The maximum atomic E-state index is 6.10. The Bertz CT molecular complexity index is 294. The molecule has 2 atom stereocenters.